The van der Waals surface area contributed by atoms with Crippen molar-refractivity contribution in [3.8, 4) is 21.8 Å². The number of rotatable bonds is 4. The van der Waals surface area contributed by atoms with E-state index in [0.29, 0.717) is 11.4 Å². The molecule has 0 spiro atoms. The summed E-state index contributed by atoms with van der Waals surface area (Å²) in [5.74, 6) is -0.345. The minimum absolute atomic E-state index is 0.165. The van der Waals surface area contributed by atoms with Crippen LogP contribution in [0.25, 0.3) is 21.8 Å². The first-order valence-electron chi connectivity index (χ1n) is 8.15. The molecule has 3 rings (SSSR count). The zero-order valence-corrected chi connectivity index (χ0v) is 15.6. The summed E-state index contributed by atoms with van der Waals surface area (Å²) >= 11 is 1.56. The van der Waals surface area contributed by atoms with Gasteiger partial charge in [0.2, 0.25) is 11.8 Å². The number of aromatic nitrogens is 1. The Morgan fingerprint density at radius 3 is 2.38 bits per heavy atom. The number of benzene rings is 2. The van der Waals surface area contributed by atoms with Crippen LogP contribution in [0.15, 0.2) is 47.8 Å². The molecule has 0 saturated heterocycles. The van der Waals surface area contributed by atoms with Crippen molar-refractivity contribution in [3.63, 3.8) is 0 Å². The molecule has 0 unspecified atom stereocenters. The Kier molecular flexibility index (Phi) is 5.14. The fourth-order valence-electron chi connectivity index (χ4n) is 2.68. The normalized spacial score (nSPS) is 10.4. The number of carbonyl (C=O) groups excluding carboxylic acids is 2. The Bertz CT molecular complexity index is 979. The molecular weight excluding hydrogens is 346 g/mol. The van der Waals surface area contributed by atoms with Crippen LogP contribution in [0.2, 0.25) is 0 Å². The molecule has 2 N–H and O–H groups in total. The van der Waals surface area contributed by atoms with E-state index in [2.05, 4.69) is 23.6 Å². The van der Waals surface area contributed by atoms with Gasteiger partial charge in [-0.05, 0) is 30.7 Å². The molecule has 0 aliphatic rings. The van der Waals surface area contributed by atoms with Gasteiger partial charge in [-0.2, -0.15) is 0 Å². The quantitative estimate of drug-likeness (QED) is 0.704. The van der Waals surface area contributed by atoms with Gasteiger partial charge in [0.1, 0.15) is 5.01 Å². The number of nitrogens with one attached hydrogen (secondary N) is 2. The highest BCUT2D eigenvalue weighted by Gasteiger charge is 2.13. The zero-order valence-electron chi connectivity index (χ0n) is 14.8. The minimum Gasteiger partial charge on any atom is -0.326 e. The number of carbonyl (C=O) groups is 2. The minimum atomic E-state index is -0.180. The first-order chi connectivity index (χ1) is 12.4. The third-order valence-electron chi connectivity index (χ3n) is 3.81. The summed E-state index contributed by atoms with van der Waals surface area (Å²) in [6.07, 6.45) is 0. The molecule has 0 aliphatic heterocycles. The van der Waals surface area contributed by atoms with E-state index in [1.54, 1.807) is 23.5 Å². The molecule has 2 aromatic carbocycles. The van der Waals surface area contributed by atoms with Crippen LogP contribution in [0.4, 0.5) is 11.4 Å². The number of aryl methyl sites for hydroxylation is 1. The van der Waals surface area contributed by atoms with E-state index in [-0.39, 0.29) is 11.8 Å². The number of hydrogen-bond donors (Lipinski definition) is 2. The van der Waals surface area contributed by atoms with E-state index in [4.69, 9.17) is 4.98 Å². The van der Waals surface area contributed by atoms with Crippen LogP contribution in [0.1, 0.15) is 19.4 Å². The van der Waals surface area contributed by atoms with E-state index in [9.17, 15) is 9.59 Å². The maximum atomic E-state index is 11.6. The standard InChI is InChI=1S/C20H19N3O2S/c1-12-6-4-5-7-16(12)20-23-19(11-26-20)17-9-8-15(21-13(2)24)10-18(17)22-14(3)25/h4-11H,1-3H3,(H,21,24)(H,22,25). The molecule has 0 radical (unpaired) electrons. The van der Waals surface area contributed by atoms with Crippen molar-refractivity contribution < 1.29 is 9.59 Å². The van der Waals surface area contributed by atoms with Gasteiger partial charge in [0.15, 0.2) is 0 Å². The third kappa shape index (κ3) is 3.97. The van der Waals surface area contributed by atoms with Gasteiger partial charge in [0.05, 0.1) is 11.4 Å². The Morgan fingerprint density at radius 1 is 0.962 bits per heavy atom. The van der Waals surface area contributed by atoms with Gasteiger partial charge in [-0.3, -0.25) is 9.59 Å². The van der Waals surface area contributed by atoms with Crippen LogP contribution in [0, 0.1) is 6.92 Å². The lowest BCUT2D eigenvalue weighted by Gasteiger charge is -2.11. The Balaban J connectivity index is 2.02. The van der Waals surface area contributed by atoms with Crippen LogP contribution in [0.3, 0.4) is 0 Å². The predicted octanol–water partition coefficient (Wildman–Crippen LogP) is 4.70. The molecule has 1 heterocycles. The molecule has 5 nitrogen and oxygen atoms in total. The molecular formula is C20H19N3O2S. The zero-order chi connectivity index (χ0) is 18.7. The van der Waals surface area contributed by atoms with E-state index >= 15 is 0 Å². The third-order valence-corrected chi connectivity index (χ3v) is 4.68. The Labute approximate surface area is 156 Å². The summed E-state index contributed by atoms with van der Waals surface area (Å²) < 4.78 is 0. The first-order valence-corrected chi connectivity index (χ1v) is 9.03. The molecule has 0 saturated carbocycles. The molecule has 2 amide bonds. The number of hydrogen-bond acceptors (Lipinski definition) is 4. The fourth-order valence-corrected chi connectivity index (χ4v) is 3.59. The summed E-state index contributed by atoms with van der Waals surface area (Å²) in [6.45, 7) is 4.96. The van der Waals surface area contributed by atoms with Crippen LogP contribution in [-0.2, 0) is 9.59 Å². The van der Waals surface area contributed by atoms with Crippen LogP contribution >= 0.6 is 11.3 Å². The summed E-state index contributed by atoms with van der Waals surface area (Å²) in [4.78, 5) is 27.6. The molecule has 26 heavy (non-hydrogen) atoms. The van der Waals surface area contributed by atoms with Crippen molar-refractivity contribution in [1.82, 2.24) is 4.98 Å². The second kappa shape index (κ2) is 7.49. The highest BCUT2D eigenvalue weighted by molar-refractivity contribution is 7.13. The summed E-state index contributed by atoms with van der Waals surface area (Å²) in [7, 11) is 0. The second-order valence-corrected chi connectivity index (χ2v) is 6.83. The smallest absolute Gasteiger partial charge is 0.221 e. The molecule has 132 valence electrons. The van der Waals surface area contributed by atoms with Crippen molar-refractivity contribution >= 4 is 34.5 Å². The lowest BCUT2D eigenvalue weighted by Crippen LogP contribution is -2.09. The van der Waals surface area contributed by atoms with Crippen LogP contribution < -0.4 is 10.6 Å². The van der Waals surface area contributed by atoms with Crippen molar-refractivity contribution in [1.29, 1.82) is 0 Å². The van der Waals surface area contributed by atoms with Crippen LogP contribution in [-0.4, -0.2) is 16.8 Å². The Morgan fingerprint density at radius 2 is 1.69 bits per heavy atom. The summed E-state index contributed by atoms with van der Waals surface area (Å²) in [5, 5.41) is 8.45. The molecule has 0 bridgehead atoms. The number of thiazole rings is 1. The Hall–Kier alpha value is -2.99. The van der Waals surface area contributed by atoms with E-state index in [1.165, 1.54) is 13.8 Å². The van der Waals surface area contributed by atoms with E-state index in [1.807, 2.05) is 29.6 Å². The van der Waals surface area contributed by atoms with Gasteiger partial charge in [-0.25, -0.2) is 4.98 Å². The van der Waals surface area contributed by atoms with Crippen LogP contribution in [0.5, 0.6) is 0 Å². The first kappa shape index (κ1) is 17.8. The average Bonchev–Trinajstić information content (AvgIpc) is 3.04. The van der Waals surface area contributed by atoms with Crippen molar-refractivity contribution in [2.75, 3.05) is 10.6 Å². The van der Waals surface area contributed by atoms with Gasteiger partial charge in [0.25, 0.3) is 0 Å². The molecule has 0 fully saturated rings. The van der Waals surface area contributed by atoms with Crippen molar-refractivity contribution in [2.24, 2.45) is 0 Å². The highest BCUT2D eigenvalue weighted by Crippen LogP contribution is 2.35. The largest absolute Gasteiger partial charge is 0.326 e. The molecule has 6 heteroatoms. The van der Waals surface area contributed by atoms with E-state index < -0.39 is 0 Å². The lowest BCUT2D eigenvalue weighted by molar-refractivity contribution is -0.115. The molecule has 1 aromatic heterocycles. The molecule has 0 aliphatic carbocycles. The second-order valence-electron chi connectivity index (χ2n) is 5.98. The maximum absolute atomic E-state index is 11.6. The van der Waals surface area contributed by atoms with Crippen molar-refractivity contribution in [3.05, 3.63) is 53.4 Å². The van der Waals surface area contributed by atoms with Gasteiger partial charge in [0, 0.05) is 36.0 Å². The number of amides is 2. The predicted molar refractivity (Wildman–Crippen MR) is 106 cm³/mol. The topological polar surface area (TPSA) is 71.1 Å². The monoisotopic (exact) mass is 365 g/mol. The van der Waals surface area contributed by atoms with Gasteiger partial charge in [-0.15, -0.1) is 11.3 Å². The lowest BCUT2D eigenvalue weighted by atomic mass is 10.1. The van der Waals surface area contributed by atoms with E-state index in [0.717, 1.165) is 27.4 Å². The van der Waals surface area contributed by atoms with Gasteiger partial charge in [-0.1, -0.05) is 24.3 Å². The number of anilines is 2. The SMILES string of the molecule is CC(=O)Nc1ccc(-c2csc(-c3ccccc3C)n2)c(NC(C)=O)c1. The fraction of sp³-hybridized carbons (Fsp3) is 0.150. The van der Waals surface area contributed by atoms with Gasteiger partial charge >= 0.3 is 0 Å². The van der Waals surface area contributed by atoms with Gasteiger partial charge < -0.3 is 10.6 Å². The summed E-state index contributed by atoms with van der Waals surface area (Å²) in [5.41, 5.74) is 5.10. The molecule has 3 aromatic rings. The molecule has 0 atom stereocenters. The van der Waals surface area contributed by atoms with Crippen molar-refractivity contribution in [2.45, 2.75) is 20.8 Å². The maximum Gasteiger partial charge on any atom is 0.221 e. The highest BCUT2D eigenvalue weighted by atomic mass is 32.1. The summed E-state index contributed by atoms with van der Waals surface area (Å²) in [6, 6.07) is 13.5. The number of nitrogens with zero attached hydrogens (tertiary/aromatic N) is 1. The average molecular weight is 365 g/mol.